The number of rotatable bonds is 6. The van der Waals surface area contributed by atoms with Crippen molar-refractivity contribution in [2.45, 2.75) is 24.3 Å². The summed E-state index contributed by atoms with van der Waals surface area (Å²) in [5.41, 5.74) is 5.74. The molecule has 1 aliphatic carbocycles. The fraction of sp³-hybridized carbons (Fsp3) is 0.462. The van der Waals surface area contributed by atoms with Crippen LogP contribution in [0.15, 0.2) is 23.4 Å². The Kier molecular flexibility index (Phi) is 4.09. The Labute approximate surface area is 115 Å². The predicted molar refractivity (Wildman–Crippen MR) is 71.8 cm³/mol. The highest BCUT2D eigenvalue weighted by Crippen LogP contribution is 2.52. The lowest BCUT2D eigenvalue weighted by Crippen LogP contribution is -2.15. The highest BCUT2D eigenvalue weighted by molar-refractivity contribution is 7.99. The Bertz CT molecular complexity index is 500. The molecule has 0 atom stereocenters. The molecule has 1 fully saturated rings. The van der Waals surface area contributed by atoms with E-state index in [2.05, 4.69) is 4.98 Å². The molecule has 0 aliphatic heterocycles. The first-order valence-corrected chi connectivity index (χ1v) is 6.99. The average Bonchev–Trinajstić information content (AvgIpc) is 3.16. The molecule has 5 nitrogen and oxygen atoms in total. The van der Waals surface area contributed by atoms with E-state index in [0.717, 1.165) is 18.6 Å². The lowest BCUT2D eigenvalue weighted by atomic mass is 10.1. The van der Waals surface area contributed by atoms with Crippen LogP contribution in [0, 0.1) is 5.41 Å². The number of amides is 1. The van der Waals surface area contributed by atoms with Crippen molar-refractivity contribution in [3.05, 3.63) is 23.9 Å². The molecule has 0 saturated heterocycles. The normalized spacial score (nSPS) is 15.8. The molecule has 6 heteroatoms. The van der Waals surface area contributed by atoms with Gasteiger partial charge in [0.15, 0.2) is 0 Å². The van der Waals surface area contributed by atoms with Gasteiger partial charge in [0.05, 0.1) is 19.1 Å². The number of primary amides is 1. The van der Waals surface area contributed by atoms with Crippen LogP contribution in [-0.4, -0.2) is 29.7 Å². The lowest BCUT2D eigenvalue weighted by molar-refractivity contribution is -0.141. The minimum Gasteiger partial charge on any atom is -0.469 e. The van der Waals surface area contributed by atoms with E-state index in [1.54, 1.807) is 18.3 Å². The van der Waals surface area contributed by atoms with E-state index in [0.29, 0.717) is 17.0 Å². The Morgan fingerprint density at radius 1 is 1.53 bits per heavy atom. The third-order valence-electron chi connectivity index (χ3n) is 3.26. The molecule has 0 radical (unpaired) electrons. The van der Waals surface area contributed by atoms with Crippen LogP contribution < -0.4 is 5.73 Å². The summed E-state index contributed by atoms with van der Waals surface area (Å²) in [6.07, 6.45) is 4.07. The third-order valence-corrected chi connectivity index (χ3v) is 4.61. The summed E-state index contributed by atoms with van der Waals surface area (Å²) in [5, 5.41) is 0.631. The van der Waals surface area contributed by atoms with Crippen molar-refractivity contribution in [1.82, 2.24) is 4.98 Å². The van der Waals surface area contributed by atoms with Crippen molar-refractivity contribution in [2.24, 2.45) is 11.1 Å². The van der Waals surface area contributed by atoms with Crippen molar-refractivity contribution in [1.29, 1.82) is 0 Å². The first kappa shape index (κ1) is 13.9. The minimum atomic E-state index is -0.478. The molecular weight excluding hydrogens is 264 g/mol. The van der Waals surface area contributed by atoms with E-state index in [-0.39, 0.29) is 11.4 Å². The van der Waals surface area contributed by atoms with Crippen LogP contribution in [0.1, 0.15) is 29.6 Å². The number of nitrogens with zero attached hydrogens (tertiary/aromatic N) is 1. The van der Waals surface area contributed by atoms with Crippen LogP contribution in [0.2, 0.25) is 0 Å². The number of nitrogens with two attached hydrogens (primary N) is 1. The number of ether oxygens (including phenoxy) is 1. The van der Waals surface area contributed by atoms with Crippen molar-refractivity contribution < 1.29 is 14.3 Å². The topological polar surface area (TPSA) is 82.3 Å². The fourth-order valence-corrected chi connectivity index (χ4v) is 3.14. The van der Waals surface area contributed by atoms with E-state index in [1.807, 2.05) is 0 Å². The molecule has 0 unspecified atom stereocenters. The molecule has 1 aromatic rings. The largest absolute Gasteiger partial charge is 0.469 e. The van der Waals surface area contributed by atoms with Gasteiger partial charge >= 0.3 is 5.97 Å². The molecule has 1 aliphatic rings. The van der Waals surface area contributed by atoms with Gasteiger partial charge in [-0.1, -0.05) is 0 Å². The molecule has 1 heterocycles. The van der Waals surface area contributed by atoms with Gasteiger partial charge in [-0.05, 0) is 30.4 Å². The third kappa shape index (κ3) is 3.47. The molecule has 1 saturated carbocycles. The van der Waals surface area contributed by atoms with Gasteiger partial charge in [-0.25, -0.2) is 4.98 Å². The van der Waals surface area contributed by atoms with Crippen molar-refractivity contribution >= 4 is 23.6 Å². The van der Waals surface area contributed by atoms with Gasteiger partial charge in [0, 0.05) is 11.9 Å². The fourth-order valence-electron chi connectivity index (χ4n) is 1.84. The minimum absolute atomic E-state index is 0.00416. The van der Waals surface area contributed by atoms with Gasteiger partial charge in [-0.3, -0.25) is 9.59 Å². The summed E-state index contributed by atoms with van der Waals surface area (Å²) in [7, 11) is 1.40. The van der Waals surface area contributed by atoms with E-state index >= 15 is 0 Å². The van der Waals surface area contributed by atoms with Gasteiger partial charge in [-0.15, -0.1) is 11.8 Å². The summed E-state index contributed by atoms with van der Waals surface area (Å²) in [4.78, 5) is 26.8. The SMILES string of the molecule is COC(=O)CC1(CSc2ncccc2C(N)=O)CC1. The second kappa shape index (κ2) is 5.61. The smallest absolute Gasteiger partial charge is 0.306 e. The summed E-state index contributed by atoms with van der Waals surface area (Å²) in [6, 6.07) is 3.35. The van der Waals surface area contributed by atoms with E-state index in [1.165, 1.54) is 18.9 Å². The zero-order valence-electron chi connectivity index (χ0n) is 10.7. The zero-order chi connectivity index (χ0) is 13.9. The van der Waals surface area contributed by atoms with Gasteiger partial charge in [-0.2, -0.15) is 0 Å². The van der Waals surface area contributed by atoms with Crippen LogP contribution >= 0.6 is 11.8 Å². The van der Waals surface area contributed by atoms with Crippen LogP contribution in [0.5, 0.6) is 0 Å². The summed E-state index contributed by atoms with van der Waals surface area (Å²) < 4.78 is 4.70. The van der Waals surface area contributed by atoms with Crippen LogP contribution in [-0.2, 0) is 9.53 Å². The van der Waals surface area contributed by atoms with Gasteiger partial charge in [0.1, 0.15) is 5.03 Å². The number of esters is 1. The maximum Gasteiger partial charge on any atom is 0.306 e. The van der Waals surface area contributed by atoms with E-state index in [9.17, 15) is 9.59 Å². The Balaban J connectivity index is 1.99. The number of carbonyl (C=O) groups excluding carboxylic acids is 2. The highest BCUT2D eigenvalue weighted by atomic mass is 32.2. The number of carbonyl (C=O) groups is 2. The van der Waals surface area contributed by atoms with Crippen molar-refractivity contribution in [3.63, 3.8) is 0 Å². The molecule has 2 rings (SSSR count). The van der Waals surface area contributed by atoms with Crippen LogP contribution in [0.3, 0.4) is 0 Å². The number of thioether (sulfide) groups is 1. The number of methoxy groups -OCH3 is 1. The molecule has 1 aromatic heterocycles. The summed E-state index contributed by atoms with van der Waals surface area (Å²) >= 11 is 1.48. The molecule has 0 bridgehead atoms. The predicted octanol–water partition coefficient (Wildman–Crippen LogP) is 1.62. The zero-order valence-corrected chi connectivity index (χ0v) is 11.5. The van der Waals surface area contributed by atoms with Crippen LogP contribution in [0.25, 0.3) is 0 Å². The summed E-state index contributed by atoms with van der Waals surface area (Å²) in [5.74, 6) is 0.0852. The van der Waals surface area contributed by atoms with Crippen molar-refractivity contribution in [3.8, 4) is 0 Å². The quantitative estimate of drug-likeness (QED) is 0.632. The Morgan fingerprint density at radius 2 is 2.26 bits per heavy atom. The standard InChI is InChI=1S/C13H16N2O3S/c1-18-10(16)7-13(4-5-13)8-19-12-9(11(14)17)3-2-6-15-12/h2-3,6H,4-5,7-8H2,1H3,(H2,14,17). The summed E-state index contributed by atoms with van der Waals surface area (Å²) in [6.45, 7) is 0. The maximum absolute atomic E-state index is 11.3. The number of aromatic nitrogens is 1. The van der Waals surface area contributed by atoms with Gasteiger partial charge < -0.3 is 10.5 Å². The lowest BCUT2D eigenvalue weighted by Gasteiger charge is -2.13. The average molecular weight is 280 g/mol. The molecule has 102 valence electrons. The molecular formula is C13H16N2O3S. The molecule has 0 spiro atoms. The molecule has 19 heavy (non-hydrogen) atoms. The van der Waals surface area contributed by atoms with Crippen LogP contribution in [0.4, 0.5) is 0 Å². The Morgan fingerprint density at radius 3 is 2.84 bits per heavy atom. The van der Waals surface area contributed by atoms with Crippen molar-refractivity contribution in [2.75, 3.05) is 12.9 Å². The Hall–Kier alpha value is -1.56. The van der Waals surface area contributed by atoms with E-state index in [4.69, 9.17) is 10.5 Å². The highest BCUT2D eigenvalue weighted by Gasteiger charge is 2.44. The molecule has 2 N–H and O–H groups in total. The second-order valence-corrected chi connectivity index (χ2v) is 5.73. The second-order valence-electron chi connectivity index (χ2n) is 4.76. The molecule has 0 aromatic carbocycles. The number of hydrogen-bond acceptors (Lipinski definition) is 5. The van der Waals surface area contributed by atoms with E-state index < -0.39 is 5.91 Å². The number of hydrogen-bond donors (Lipinski definition) is 1. The van der Waals surface area contributed by atoms with Gasteiger partial charge in [0.2, 0.25) is 0 Å². The first-order valence-electron chi connectivity index (χ1n) is 6.01. The number of pyridine rings is 1. The monoisotopic (exact) mass is 280 g/mol. The maximum atomic E-state index is 11.3. The first-order chi connectivity index (χ1) is 9.06. The molecule has 1 amide bonds. The van der Waals surface area contributed by atoms with Gasteiger partial charge in [0.25, 0.3) is 5.91 Å².